The first-order valence-electron chi connectivity index (χ1n) is 3.94. The zero-order chi connectivity index (χ0) is 10.6. The van der Waals surface area contributed by atoms with Gasteiger partial charge in [0, 0.05) is 4.47 Å². The smallest absolute Gasteiger partial charge is 0.405 e. The van der Waals surface area contributed by atoms with Gasteiger partial charge >= 0.3 is 6.09 Å². The summed E-state index contributed by atoms with van der Waals surface area (Å²) in [6.07, 6.45) is -1.23. The SMILES string of the molecule is O=C(O)NC(CF)c1cccc(Br)c1. The molecule has 0 aliphatic carbocycles. The van der Waals surface area contributed by atoms with Gasteiger partial charge in [-0.15, -0.1) is 0 Å². The van der Waals surface area contributed by atoms with Gasteiger partial charge in [0.2, 0.25) is 0 Å². The zero-order valence-corrected chi connectivity index (χ0v) is 8.79. The molecule has 14 heavy (non-hydrogen) atoms. The van der Waals surface area contributed by atoms with E-state index in [2.05, 4.69) is 21.2 Å². The van der Waals surface area contributed by atoms with Gasteiger partial charge in [0.25, 0.3) is 0 Å². The van der Waals surface area contributed by atoms with Crippen LogP contribution in [0, 0.1) is 0 Å². The standard InChI is InChI=1S/C9H9BrFNO2/c10-7-3-1-2-6(4-7)8(5-11)12-9(13)14/h1-4,8,12H,5H2,(H,13,14). The van der Waals surface area contributed by atoms with Crippen LogP contribution in [0.2, 0.25) is 0 Å². The average molecular weight is 262 g/mol. The highest BCUT2D eigenvalue weighted by molar-refractivity contribution is 9.10. The van der Waals surface area contributed by atoms with Crippen molar-refractivity contribution in [1.29, 1.82) is 0 Å². The van der Waals surface area contributed by atoms with Crippen molar-refractivity contribution in [3.63, 3.8) is 0 Å². The van der Waals surface area contributed by atoms with Crippen LogP contribution in [0.1, 0.15) is 11.6 Å². The molecular formula is C9H9BrFNO2. The third kappa shape index (κ3) is 2.99. The van der Waals surface area contributed by atoms with Crippen molar-refractivity contribution >= 4 is 22.0 Å². The Bertz CT molecular complexity index is 332. The van der Waals surface area contributed by atoms with E-state index in [1.165, 1.54) is 0 Å². The molecule has 0 aliphatic rings. The molecule has 0 heterocycles. The number of benzene rings is 1. The van der Waals surface area contributed by atoms with Crippen LogP contribution in [-0.2, 0) is 0 Å². The van der Waals surface area contributed by atoms with Gasteiger partial charge < -0.3 is 10.4 Å². The van der Waals surface area contributed by atoms with Crippen molar-refractivity contribution in [2.45, 2.75) is 6.04 Å². The largest absolute Gasteiger partial charge is 0.465 e. The molecule has 1 atom stereocenters. The van der Waals surface area contributed by atoms with Crippen LogP contribution >= 0.6 is 15.9 Å². The molecule has 0 saturated carbocycles. The van der Waals surface area contributed by atoms with Crippen molar-refractivity contribution in [2.24, 2.45) is 0 Å². The second-order valence-electron chi connectivity index (χ2n) is 2.71. The highest BCUT2D eigenvalue weighted by Gasteiger charge is 2.13. The third-order valence-corrected chi connectivity index (χ3v) is 2.20. The van der Waals surface area contributed by atoms with Gasteiger partial charge in [-0.25, -0.2) is 9.18 Å². The first-order valence-corrected chi connectivity index (χ1v) is 4.73. The molecule has 1 aromatic rings. The number of hydrogen-bond donors (Lipinski definition) is 2. The summed E-state index contributed by atoms with van der Waals surface area (Å²) < 4.78 is 13.3. The predicted octanol–water partition coefficient (Wildman–Crippen LogP) is 2.73. The van der Waals surface area contributed by atoms with Crippen molar-refractivity contribution in [3.05, 3.63) is 34.3 Å². The van der Waals surface area contributed by atoms with Gasteiger partial charge in [0.05, 0.1) is 6.04 Å². The lowest BCUT2D eigenvalue weighted by Gasteiger charge is -2.13. The maximum absolute atomic E-state index is 12.5. The van der Waals surface area contributed by atoms with Crippen molar-refractivity contribution < 1.29 is 14.3 Å². The van der Waals surface area contributed by atoms with Gasteiger partial charge in [0.1, 0.15) is 6.67 Å². The molecule has 5 heteroatoms. The van der Waals surface area contributed by atoms with Crippen LogP contribution < -0.4 is 5.32 Å². The molecule has 0 aliphatic heterocycles. The van der Waals surface area contributed by atoms with Crippen LogP contribution in [0.25, 0.3) is 0 Å². The molecule has 0 radical (unpaired) electrons. The Morgan fingerprint density at radius 3 is 2.86 bits per heavy atom. The molecule has 0 bridgehead atoms. The minimum Gasteiger partial charge on any atom is -0.465 e. The monoisotopic (exact) mass is 261 g/mol. The number of halogens is 2. The molecular weight excluding hydrogens is 253 g/mol. The van der Waals surface area contributed by atoms with Gasteiger partial charge in [-0.2, -0.15) is 0 Å². The summed E-state index contributed by atoms with van der Waals surface area (Å²) in [7, 11) is 0. The molecule has 1 amide bonds. The number of amides is 1. The van der Waals surface area contributed by atoms with Gasteiger partial charge in [-0.05, 0) is 17.7 Å². The normalized spacial score (nSPS) is 12.1. The quantitative estimate of drug-likeness (QED) is 0.879. The molecule has 0 aromatic heterocycles. The molecule has 2 N–H and O–H groups in total. The van der Waals surface area contributed by atoms with Gasteiger partial charge in [-0.1, -0.05) is 28.1 Å². The van der Waals surface area contributed by atoms with E-state index in [0.29, 0.717) is 5.56 Å². The van der Waals surface area contributed by atoms with Crippen molar-refractivity contribution in [1.82, 2.24) is 5.32 Å². The summed E-state index contributed by atoms with van der Waals surface area (Å²) in [6, 6.07) is 6.07. The summed E-state index contributed by atoms with van der Waals surface area (Å²) in [6.45, 7) is -0.761. The lowest BCUT2D eigenvalue weighted by molar-refractivity contribution is 0.187. The van der Waals surface area contributed by atoms with Crippen molar-refractivity contribution in [2.75, 3.05) is 6.67 Å². The van der Waals surface area contributed by atoms with E-state index < -0.39 is 18.8 Å². The first-order chi connectivity index (χ1) is 6.63. The van der Waals surface area contributed by atoms with E-state index >= 15 is 0 Å². The number of carboxylic acid groups (broad SMARTS) is 1. The Morgan fingerprint density at radius 1 is 1.64 bits per heavy atom. The summed E-state index contributed by atoms with van der Waals surface area (Å²) in [5, 5.41) is 10.5. The fourth-order valence-electron chi connectivity index (χ4n) is 1.08. The number of rotatable bonds is 3. The highest BCUT2D eigenvalue weighted by atomic mass is 79.9. The van der Waals surface area contributed by atoms with Gasteiger partial charge in [0.15, 0.2) is 0 Å². The van der Waals surface area contributed by atoms with E-state index in [-0.39, 0.29) is 0 Å². The lowest BCUT2D eigenvalue weighted by atomic mass is 10.1. The van der Waals surface area contributed by atoms with Crippen LogP contribution in [0.15, 0.2) is 28.7 Å². The summed E-state index contributed by atoms with van der Waals surface area (Å²) in [5.41, 5.74) is 0.601. The number of nitrogens with one attached hydrogen (secondary N) is 1. The Morgan fingerprint density at radius 2 is 2.36 bits per heavy atom. The second-order valence-corrected chi connectivity index (χ2v) is 3.63. The molecule has 1 unspecified atom stereocenters. The van der Waals surface area contributed by atoms with Crippen LogP contribution in [0.4, 0.5) is 9.18 Å². The lowest BCUT2D eigenvalue weighted by Crippen LogP contribution is -2.28. The maximum atomic E-state index is 12.5. The summed E-state index contributed by atoms with van der Waals surface area (Å²) in [5.74, 6) is 0. The summed E-state index contributed by atoms with van der Waals surface area (Å²) >= 11 is 3.23. The number of alkyl halides is 1. The fraction of sp³-hybridized carbons (Fsp3) is 0.222. The van der Waals surface area contributed by atoms with E-state index in [4.69, 9.17) is 5.11 Å². The van der Waals surface area contributed by atoms with E-state index in [1.54, 1.807) is 24.3 Å². The molecule has 0 saturated heterocycles. The van der Waals surface area contributed by atoms with Gasteiger partial charge in [-0.3, -0.25) is 0 Å². The zero-order valence-electron chi connectivity index (χ0n) is 7.21. The van der Waals surface area contributed by atoms with Crippen molar-refractivity contribution in [3.8, 4) is 0 Å². The topological polar surface area (TPSA) is 49.3 Å². The first kappa shape index (κ1) is 11.0. The molecule has 3 nitrogen and oxygen atoms in total. The predicted molar refractivity (Wildman–Crippen MR) is 54.0 cm³/mol. The van der Waals surface area contributed by atoms with E-state index in [0.717, 1.165) is 4.47 Å². The Balaban J connectivity index is 2.83. The fourth-order valence-corrected chi connectivity index (χ4v) is 1.50. The minimum atomic E-state index is -1.23. The maximum Gasteiger partial charge on any atom is 0.405 e. The Labute approximate surface area is 89.1 Å². The molecule has 1 aromatic carbocycles. The van der Waals surface area contributed by atoms with E-state index in [1.807, 2.05) is 0 Å². The summed E-state index contributed by atoms with van der Waals surface area (Å²) in [4.78, 5) is 10.3. The van der Waals surface area contributed by atoms with Crippen LogP contribution in [0.5, 0.6) is 0 Å². The third-order valence-electron chi connectivity index (χ3n) is 1.70. The molecule has 1 rings (SSSR count). The number of hydrogen-bond acceptors (Lipinski definition) is 1. The molecule has 0 spiro atoms. The van der Waals surface area contributed by atoms with Crippen LogP contribution in [-0.4, -0.2) is 17.9 Å². The second kappa shape index (κ2) is 4.95. The van der Waals surface area contributed by atoms with E-state index in [9.17, 15) is 9.18 Å². The van der Waals surface area contributed by atoms with Crippen LogP contribution in [0.3, 0.4) is 0 Å². The average Bonchev–Trinajstić information content (AvgIpc) is 2.14. The molecule has 76 valence electrons. The Hall–Kier alpha value is -1.10. The highest BCUT2D eigenvalue weighted by Crippen LogP contribution is 2.18. The minimum absolute atomic E-state index is 0.601. The number of carbonyl (C=O) groups is 1. The Kier molecular flexibility index (Phi) is 3.88. The molecule has 0 fully saturated rings.